The lowest BCUT2D eigenvalue weighted by molar-refractivity contribution is -0.132. The van der Waals surface area contributed by atoms with Gasteiger partial charge in [-0.2, -0.15) is 0 Å². The molecule has 2 heterocycles. The van der Waals surface area contributed by atoms with E-state index in [4.69, 9.17) is 4.74 Å². The number of anilines is 2. The number of amides is 1. The van der Waals surface area contributed by atoms with Gasteiger partial charge < -0.3 is 14.7 Å². The zero-order valence-electron chi connectivity index (χ0n) is 21.5. The lowest BCUT2D eigenvalue weighted by Crippen LogP contribution is -2.29. The van der Waals surface area contributed by atoms with Gasteiger partial charge in [0.2, 0.25) is 0 Å². The van der Waals surface area contributed by atoms with E-state index < -0.39 is 17.7 Å². The fraction of sp³-hybridized carbons (Fsp3) is 0.290. The number of ether oxygens (including phenoxy) is 1. The second-order valence-corrected chi connectivity index (χ2v) is 9.37. The Bertz CT molecular complexity index is 1350. The number of Topliss-reactive ketones (excluding diaryl/α,β-unsaturated/α-hetero) is 1. The number of fused-ring (bicyclic) bond motifs is 1. The van der Waals surface area contributed by atoms with Crippen molar-refractivity contribution >= 4 is 28.8 Å². The highest BCUT2D eigenvalue weighted by Gasteiger charge is 2.47. The van der Waals surface area contributed by atoms with Crippen LogP contribution in [0.15, 0.2) is 72.3 Å². The molecule has 37 heavy (non-hydrogen) atoms. The first-order valence-corrected chi connectivity index (χ1v) is 13.0. The van der Waals surface area contributed by atoms with Gasteiger partial charge in [-0.25, -0.2) is 0 Å². The maximum atomic E-state index is 13.5. The molecule has 0 radical (unpaired) electrons. The first-order chi connectivity index (χ1) is 18.0. The zero-order valence-corrected chi connectivity index (χ0v) is 21.5. The van der Waals surface area contributed by atoms with Crippen LogP contribution in [0.2, 0.25) is 0 Å². The maximum absolute atomic E-state index is 13.5. The van der Waals surface area contributed by atoms with Gasteiger partial charge in [0.05, 0.1) is 18.2 Å². The van der Waals surface area contributed by atoms with E-state index in [0.717, 1.165) is 54.1 Å². The molecule has 1 unspecified atom stereocenters. The third-order valence-electron chi connectivity index (χ3n) is 7.37. The van der Waals surface area contributed by atoms with Gasteiger partial charge in [-0.3, -0.25) is 14.5 Å². The van der Waals surface area contributed by atoms with E-state index in [1.165, 1.54) is 4.90 Å². The van der Waals surface area contributed by atoms with Crippen LogP contribution in [0.5, 0.6) is 5.75 Å². The van der Waals surface area contributed by atoms with Crippen LogP contribution in [0.1, 0.15) is 49.1 Å². The molecule has 2 aliphatic rings. The Hall–Kier alpha value is -4.06. The first-order valence-electron chi connectivity index (χ1n) is 13.0. The molecule has 0 aliphatic carbocycles. The van der Waals surface area contributed by atoms with Crippen molar-refractivity contribution < 1.29 is 19.4 Å². The van der Waals surface area contributed by atoms with Crippen LogP contribution in [-0.2, 0) is 22.4 Å². The first kappa shape index (κ1) is 24.6. The molecule has 1 fully saturated rings. The molecule has 2 aliphatic heterocycles. The molecule has 190 valence electrons. The number of carbonyl (C=O) groups is 2. The third-order valence-corrected chi connectivity index (χ3v) is 7.37. The fourth-order valence-electron chi connectivity index (χ4n) is 5.25. The van der Waals surface area contributed by atoms with E-state index in [0.29, 0.717) is 17.9 Å². The lowest BCUT2D eigenvalue weighted by atomic mass is 9.94. The van der Waals surface area contributed by atoms with Gasteiger partial charge in [-0.1, -0.05) is 31.2 Å². The fourth-order valence-corrected chi connectivity index (χ4v) is 5.25. The topological polar surface area (TPSA) is 70.1 Å². The highest BCUT2D eigenvalue weighted by atomic mass is 16.5. The second kappa shape index (κ2) is 10.1. The van der Waals surface area contributed by atoms with Crippen molar-refractivity contribution in [2.24, 2.45) is 0 Å². The van der Waals surface area contributed by atoms with E-state index in [9.17, 15) is 14.7 Å². The zero-order chi connectivity index (χ0) is 26.1. The monoisotopic (exact) mass is 496 g/mol. The summed E-state index contributed by atoms with van der Waals surface area (Å²) in [5.74, 6) is -0.713. The number of aryl methyl sites for hydroxylation is 1. The second-order valence-electron chi connectivity index (χ2n) is 9.37. The molecule has 0 saturated carbocycles. The minimum atomic E-state index is -0.747. The quantitative estimate of drug-likeness (QED) is 0.260. The van der Waals surface area contributed by atoms with Crippen LogP contribution < -0.4 is 14.5 Å². The average Bonchev–Trinajstić information content (AvgIpc) is 3.51. The van der Waals surface area contributed by atoms with E-state index in [1.54, 1.807) is 6.07 Å². The minimum absolute atomic E-state index is 0.0963. The molecule has 0 spiro atoms. The predicted octanol–water partition coefficient (Wildman–Crippen LogP) is 5.66. The van der Waals surface area contributed by atoms with Crippen LogP contribution in [0.4, 0.5) is 11.4 Å². The summed E-state index contributed by atoms with van der Waals surface area (Å²) in [6, 6.07) is 20.2. The number of ketones is 1. The molecule has 3 aromatic carbocycles. The number of benzene rings is 3. The number of hydrogen-bond acceptors (Lipinski definition) is 5. The van der Waals surface area contributed by atoms with Crippen molar-refractivity contribution in [3.05, 3.63) is 94.6 Å². The van der Waals surface area contributed by atoms with Crippen molar-refractivity contribution in [2.45, 2.75) is 39.7 Å². The highest BCUT2D eigenvalue weighted by Crippen LogP contribution is 2.43. The van der Waals surface area contributed by atoms with Gasteiger partial charge in [-0.05, 0) is 79.4 Å². The minimum Gasteiger partial charge on any atom is -0.507 e. The lowest BCUT2D eigenvalue weighted by Gasteiger charge is -2.27. The van der Waals surface area contributed by atoms with Crippen LogP contribution >= 0.6 is 0 Å². The van der Waals surface area contributed by atoms with E-state index in [-0.39, 0.29) is 11.3 Å². The molecular formula is C31H32N2O4. The molecule has 6 heteroatoms. The van der Waals surface area contributed by atoms with Crippen molar-refractivity contribution in [3.8, 4) is 5.75 Å². The molecule has 1 saturated heterocycles. The summed E-state index contributed by atoms with van der Waals surface area (Å²) >= 11 is 0. The Morgan fingerprint density at radius 1 is 0.973 bits per heavy atom. The normalized spacial score (nSPS) is 18.1. The Morgan fingerprint density at radius 3 is 2.32 bits per heavy atom. The van der Waals surface area contributed by atoms with E-state index in [2.05, 4.69) is 25.7 Å². The number of rotatable bonds is 7. The molecule has 1 atom stereocenters. The predicted molar refractivity (Wildman–Crippen MR) is 146 cm³/mol. The van der Waals surface area contributed by atoms with Crippen LogP contribution in [0.25, 0.3) is 5.76 Å². The van der Waals surface area contributed by atoms with Crippen LogP contribution in [0.3, 0.4) is 0 Å². The summed E-state index contributed by atoms with van der Waals surface area (Å²) in [6.07, 6.45) is 1.61. The van der Waals surface area contributed by atoms with E-state index >= 15 is 0 Å². The van der Waals surface area contributed by atoms with Crippen LogP contribution in [0, 0.1) is 0 Å². The highest BCUT2D eigenvalue weighted by molar-refractivity contribution is 6.51. The molecule has 6 nitrogen and oxygen atoms in total. The SMILES string of the molecule is CCc1ccc(N2C(=O)C(=O)/C(=C(\O)c3ccc4c(c3)CCO4)C2c2ccc(N(CC)CC)cc2)cc1. The van der Waals surface area contributed by atoms with Crippen molar-refractivity contribution in [1.82, 2.24) is 0 Å². The summed E-state index contributed by atoms with van der Waals surface area (Å²) in [5.41, 5.74) is 5.18. The Morgan fingerprint density at radius 2 is 1.68 bits per heavy atom. The summed E-state index contributed by atoms with van der Waals surface area (Å²) in [7, 11) is 0. The van der Waals surface area contributed by atoms with Gasteiger partial charge in [0, 0.05) is 36.4 Å². The summed E-state index contributed by atoms with van der Waals surface area (Å²) in [5, 5.41) is 11.5. The van der Waals surface area contributed by atoms with Crippen molar-refractivity contribution in [2.75, 3.05) is 29.5 Å². The largest absolute Gasteiger partial charge is 0.507 e. The number of aliphatic hydroxyl groups is 1. The Balaban J connectivity index is 1.65. The molecule has 3 aromatic rings. The van der Waals surface area contributed by atoms with Gasteiger partial charge in [-0.15, -0.1) is 0 Å². The molecular weight excluding hydrogens is 464 g/mol. The summed E-state index contributed by atoms with van der Waals surface area (Å²) < 4.78 is 5.60. The Labute approximate surface area is 217 Å². The van der Waals surface area contributed by atoms with Crippen LogP contribution in [-0.4, -0.2) is 36.5 Å². The van der Waals surface area contributed by atoms with Crippen molar-refractivity contribution in [1.29, 1.82) is 0 Å². The molecule has 1 amide bonds. The third kappa shape index (κ3) is 4.37. The molecule has 0 bridgehead atoms. The number of aliphatic hydroxyl groups excluding tert-OH is 1. The van der Waals surface area contributed by atoms with Crippen molar-refractivity contribution in [3.63, 3.8) is 0 Å². The standard InChI is InChI=1S/C31H32N2O4/c1-4-20-7-12-25(13-8-20)33-28(21-9-14-24(15-10-21)32(5-2)6-3)27(30(35)31(33)36)29(34)23-11-16-26-22(19-23)17-18-37-26/h7-16,19,28,34H,4-6,17-18H2,1-3H3/b29-27-. The maximum Gasteiger partial charge on any atom is 0.300 e. The summed E-state index contributed by atoms with van der Waals surface area (Å²) in [4.78, 5) is 30.7. The van der Waals surface area contributed by atoms with Gasteiger partial charge in [0.1, 0.15) is 11.5 Å². The van der Waals surface area contributed by atoms with E-state index in [1.807, 2.05) is 60.7 Å². The molecule has 1 N–H and O–H groups in total. The smallest absolute Gasteiger partial charge is 0.300 e. The summed E-state index contributed by atoms with van der Waals surface area (Å²) in [6.45, 7) is 8.62. The van der Waals surface area contributed by atoms with Gasteiger partial charge >= 0.3 is 0 Å². The average molecular weight is 497 g/mol. The molecule has 0 aromatic heterocycles. The number of hydrogen-bond donors (Lipinski definition) is 1. The number of carbonyl (C=O) groups excluding carboxylic acids is 2. The molecule has 5 rings (SSSR count). The van der Waals surface area contributed by atoms with Gasteiger partial charge in [0.25, 0.3) is 11.7 Å². The Kier molecular flexibility index (Phi) is 6.74. The number of nitrogens with zero attached hydrogens (tertiary/aromatic N) is 2. The van der Waals surface area contributed by atoms with Gasteiger partial charge in [0.15, 0.2) is 0 Å².